The highest BCUT2D eigenvalue weighted by Gasteiger charge is 2.25. The van der Waals surface area contributed by atoms with Crippen LogP contribution in [-0.4, -0.2) is 46.3 Å². The lowest BCUT2D eigenvalue weighted by Gasteiger charge is -2.23. The summed E-state index contributed by atoms with van der Waals surface area (Å²) in [7, 11) is 7.73. The smallest absolute Gasteiger partial charge is 0.123 e. The fraction of sp³-hybridized carbons (Fsp3) is 0.355. The average molecular weight is 517 g/mol. The Balaban J connectivity index is 1.47. The van der Waals surface area contributed by atoms with E-state index in [9.17, 15) is 0 Å². The lowest BCUT2D eigenvalue weighted by Crippen LogP contribution is -2.19. The highest BCUT2D eigenvalue weighted by molar-refractivity contribution is 7.23. The van der Waals surface area contributed by atoms with Crippen molar-refractivity contribution in [3.63, 3.8) is 0 Å². The molecule has 2 heterocycles. The van der Waals surface area contributed by atoms with E-state index in [2.05, 4.69) is 72.4 Å². The van der Waals surface area contributed by atoms with Crippen molar-refractivity contribution in [2.45, 2.75) is 32.1 Å². The Hall–Kier alpha value is -3.06. The summed E-state index contributed by atoms with van der Waals surface area (Å²) >= 11 is 1.77. The van der Waals surface area contributed by atoms with Crippen LogP contribution < -0.4 is 14.4 Å². The summed E-state index contributed by atoms with van der Waals surface area (Å²) in [4.78, 5) is 4.68. The number of thiophene rings is 1. The quantitative estimate of drug-likeness (QED) is 0.229. The van der Waals surface area contributed by atoms with E-state index >= 15 is 0 Å². The van der Waals surface area contributed by atoms with E-state index in [-0.39, 0.29) is 6.10 Å². The van der Waals surface area contributed by atoms with Gasteiger partial charge in [0.15, 0.2) is 0 Å². The molecule has 1 unspecified atom stereocenters. The third kappa shape index (κ3) is 5.61. The maximum Gasteiger partial charge on any atom is 0.123 e. The molecule has 0 radical (unpaired) electrons. The van der Waals surface area contributed by atoms with Gasteiger partial charge >= 0.3 is 0 Å². The van der Waals surface area contributed by atoms with Crippen LogP contribution >= 0.6 is 11.3 Å². The van der Waals surface area contributed by atoms with Gasteiger partial charge in [-0.25, -0.2) is 0 Å². The Morgan fingerprint density at radius 2 is 1.73 bits per heavy atom. The van der Waals surface area contributed by atoms with Gasteiger partial charge in [0.1, 0.15) is 24.2 Å². The molecule has 1 atom stereocenters. The summed E-state index contributed by atoms with van der Waals surface area (Å²) in [5.74, 6) is 1.80. The molecule has 1 aliphatic rings. The maximum absolute atomic E-state index is 6.17. The SMILES string of the molecule is COc1cc(C(OC)c2c(N(C)C)sc3cc(OCc4ccccc4)ccc23)ccc1CN1CCCC1. The molecule has 0 spiro atoms. The first-order chi connectivity index (χ1) is 18.1. The molecule has 194 valence electrons. The van der Waals surface area contributed by atoms with Crippen LogP contribution in [0.5, 0.6) is 11.5 Å². The van der Waals surface area contributed by atoms with Crippen molar-refractivity contribution in [1.82, 2.24) is 4.90 Å². The minimum absolute atomic E-state index is 0.211. The second-order valence-corrected chi connectivity index (χ2v) is 10.8. The van der Waals surface area contributed by atoms with Gasteiger partial charge in [0.2, 0.25) is 0 Å². The number of methoxy groups -OCH3 is 2. The molecule has 1 fully saturated rings. The zero-order valence-corrected chi connectivity index (χ0v) is 23.0. The number of nitrogens with zero attached hydrogens (tertiary/aromatic N) is 2. The molecule has 5 rings (SSSR count). The predicted molar refractivity (Wildman–Crippen MR) is 153 cm³/mol. The van der Waals surface area contributed by atoms with Gasteiger partial charge in [-0.1, -0.05) is 42.5 Å². The van der Waals surface area contributed by atoms with Gasteiger partial charge in [-0.2, -0.15) is 0 Å². The van der Waals surface area contributed by atoms with E-state index in [1.807, 2.05) is 18.2 Å². The van der Waals surface area contributed by atoms with Gasteiger partial charge in [-0.15, -0.1) is 11.3 Å². The molecule has 1 aromatic heterocycles. The highest BCUT2D eigenvalue weighted by Crippen LogP contribution is 2.46. The molecule has 0 N–H and O–H groups in total. The van der Waals surface area contributed by atoms with E-state index in [0.717, 1.165) is 42.3 Å². The molecule has 0 aliphatic carbocycles. The first-order valence-electron chi connectivity index (χ1n) is 12.9. The molecule has 1 saturated heterocycles. The number of likely N-dealkylation sites (tertiary alicyclic amines) is 1. The third-order valence-electron chi connectivity index (χ3n) is 7.04. The number of ether oxygens (including phenoxy) is 3. The molecule has 6 heteroatoms. The number of rotatable bonds is 10. The normalized spacial score (nSPS) is 14.7. The van der Waals surface area contributed by atoms with Crippen LogP contribution in [0.3, 0.4) is 0 Å². The predicted octanol–water partition coefficient (Wildman–Crippen LogP) is 6.89. The third-order valence-corrected chi connectivity index (χ3v) is 8.38. The summed E-state index contributed by atoms with van der Waals surface area (Å²) < 4.78 is 19.3. The molecule has 4 aromatic rings. The van der Waals surface area contributed by atoms with Crippen molar-refractivity contribution in [2.24, 2.45) is 0 Å². The lowest BCUT2D eigenvalue weighted by atomic mass is 9.97. The number of benzene rings is 3. The van der Waals surface area contributed by atoms with E-state index in [1.165, 1.54) is 39.1 Å². The molecule has 0 bridgehead atoms. The first-order valence-corrected chi connectivity index (χ1v) is 13.7. The molecular formula is C31H36N2O3S. The van der Waals surface area contributed by atoms with Crippen molar-refractivity contribution >= 4 is 26.4 Å². The van der Waals surface area contributed by atoms with Crippen LogP contribution in [0.2, 0.25) is 0 Å². The van der Waals surface area contributed by atoms with Gasteiger partial charge in [-0.3, -0.25) is 4.90 Å². The minimum Gasteiger partial charge on any atom is -0.496 e. The van der Waals surface area contributed by atoms with Crippen LogP contribution in [0, 0.1) is 0 Å². The Labute approximate surface area is 224 Å². The first kappa shape index (κ1) is 25.6. The van der Waals surface area contributed by atoms with Crippen molar-refractivity contribution in [3.05, 3.63) is 89.0 Å². The average Bonchev–Trinajstić information content (AvgIpc) is 3.57. The molecule has 3 aromatic carbocycles. The summed E-state index contributed by atoms with van der Waals surface area (Å²) in [5.41, 5.74) is 4.66. The molecule has 1 aliphatic heterocycles. The van der Waals surface area contributed by atoms with Crippen LogP contribution in [-0.2, 0) is 17.9 Å². The van der Waals surface area contributed by atoms with Gasteiger partial charge in [0.05, 0.1) is 12.1 Å². The van der Waals surface area contributed by atoms with Gasteiger partial charge < -0.3 is 19.1 Å². The second kappa shape index (κ2) is 11.5. The van der Waals surface area contributed by atoms with E-state index < -0.39 is 0 Å². The zero-order chi connectivity index (χ0) is 25.8. The number of hydrogen-bond acceptors (Lipinski definition) is 6. The fourth-order valence-electron chi connectivity index (χ4n) is 5.16. The minimum atomic E-state index is -0.211. The summed E-state index contributed by atoms with van der Waals surface area (Å²) in [6.45, 7) is 3.80. The van der Waals surface area contributed by atoms with Crippen LogP contribution in [0.15, 0.2) is 66.7 Å². The summed E-state index contributed by atoms with van der Waals surface area (Å²) in [5, 5.41) is 2.37. The fourth-order valence-corrected chi connectivity index (χ4v) is 6.34. The highest BCUT2D eigenvalue weighted by atomic mass is 32.1. The zero-order valence-electron chi connectivity index (χ0n) is 22.2. The number of hydrogen-bond donors (Lipinski definition) is 0. The Kier molecular flexibility index (Phi) is 7.99. The van der Waals surface area contributed by atoms with E-state index in [0.29, 0.717) is 6.61 Å². The second-order valence-electron chi connectivity index (χ2n) is 9.82. The van der Waals surface area contributed by atoms with Gasteiger partial charge in [0.25, 0.3) is 0 Å². The summed E-state index contributed by atoms with van der Waals surface area (Å²) in [6, 6.07) is 23.2. The van der Waals surface area contributed by atoms with Gasteiger partial charge in [-0.05, 0) is 61.3 Å². The van der Waals surface area contributed by atoms with Crippen molar-refractivity contribution in [1.29, 1.82) is 0 Å². The molecule has 5 nitrogen and oxygen atoms in total. The molecular weight excluding hydrogens is 480 g/mol. The van der Waals surface area contributed by atoms with Crippen molar-refractivity contribution < 1.29 is 14.2 Å². The molecule has 37 heavy (non-hydrogen) atoms. The van der Waals surface area contributed by atoms with Crippen LogP contribution in [0.25, 0.3) is 10.1 Å². The van der Waals surface area contributed by atoms with E-state index in [1.54, 1.807) is 25.6 Å². The Bertz CT molecular complexity index is 1330. The Morgan fingerprint density at radius 3 is 2.43 bits per heavy atom. The van der Waals surface area contributed by atoms with E-state index in [4.69, 9.17) is 14.2 Å². The van der Waals surface area contributed by atoms with Crippen molar-refractivity contribution in [3.8, 4) is 11.5 Å². The van der Waals surface area contributed by atoms with Crippen LogP contribution in [0.4, 0.5) is 5.00 Å². The standard InChI is InChI=1S/C31H36N2O3S/c1-32(2)31-29(26-15-14-25(19-28(26)37-31)36-21-22-10-6-5-7-11-22)30(35-4)23-12-13-24(27(18-23)34-3)20-33-16-8-9-17-33/h5-7,10-15,18-19,30H,8-9,16-17,20-21H2,1-4H3. The number of fused-ring (bicyclic) bond motifs is 1. The number of anilines is 1. The summed E-state index contributed by atoms with van der Waals surface area (Å²) in [6.07, 6.45) is 2.35. The molecule has 0 amide bonds. The molecule has 0 saturated carbocycles. The Morgan fingerprint density at radius 1 is 0.946 bits per heavy atom. The monoisotopic (exact) mass is 516 g/mol. The van der Waals surface area contributed by atoms with Crippen molar-refractivity contribution in [2.75, 3.05) is 46.3 Å². The maximum atomic E-state index is 6.17. The topological polar surface area (TPSA) is 34.2 Å². The largest absolute Gasteiger partial charge is 0.496 e. The van der Waals surface area contributed by atoms with Gasteiger partial charge in [0, 0.05) is 49.0 Å². The van der Waals surface area contributed by atoms with Crippen LogP contribution in [0.1, 0.15) is 41.2 Å². The lowest BCUT2D eigenvalue weighted by molar-refractivity contribution is 0.138.